The van der Waals surface area contributed by atoms with Crippen molar-refractivity contribution in [2.24, 2.45) is 5.73 Å². The molecule has 0 aliphatic heterocycles. The first kappa shape index (κ1) is 11.0. The quantitative estimate of drug-likeness (QED) is 0.767. The van der Waals surface area contributed by atoms with E-state index in [1.165, 1.54) is 0 Å². The summed E-state index contributed by atoms with van der Waals surface area (Å²) in [4.78, 5) is 4.68. The van der Waals surface area contributed by atoms with Crippen molar-refractivity contribution < 1.29 is 4.42 Å². The second-order valence-electron chi connectivity index (χ2n) is 4.22. The predicted octanol–water partition coefficient (Wildman–Crippen LogP) is 2.77. The van der Waals surface area contributed by atoms with E-state index in [-0.39, 0.29) is 0 Å². The summed E-state index contributed by atoms with van der Waals surface area (Å²) in [6.07, 6.45) is 3.39. The number of fused-ring (bicyclic) bond motifs is 1. The Morgan fingerprint density at radius 2 is 2.22 bits per heavy atom. The van der Waals surface area contributed by atoms with E-state index in [4.69, 9.17) is 10.2 Å². The summed E-state index contributed by atoms with van der Waals surface area (Å²) in [6.45, 7) is 3.52. The molecule has 0 atom stereocenters. The molecule has 2 N–H and O–H groups in total. The van der Waals surface area contributed by atoms with Crippen LogP contribution in [0.25, 0.3) is 22.4 Å². The van der Waals surface area contributed by atoms with Crippen molar-refractivity contribution in [3.8, 4) is 11.4 Å². The third-order valence-electron chi connectivity index (χ3n) is 3.14. The monoisotopic (exact) mass is 241 g/mol. The third-order valence-corrected chi connectivity index (χ3v) is 3.14. The van der Waals surface area contributed by atoms with Gasteiger partial charge in [0, 0.05) is 13.1 Å². The van der Waals surface area contributed by atoms with E-state index < -0.39 is 0 Å². The molecular weight excluding hydrogens is 226 g/mol. The summed E-state index contributed by atoms with van der Waals surface area (Å²) in [7, 11) is 0. The molecule has 0 saturated heterocycles. The Balaban J connectivity index is 2.26. The van der Waals surface area contributed by atoms with Crippen molar-refractivity contribution in [1.82, 2.24) is 9.55 Å². The Bertz CT molecular complexity index is 668. The van der Waals surface area contributed by atoms with E-state index in [1.807, 2.05) is 12.1 Å². The average molecular weight is 241 g/mol. The molecule has 3 aromatic rings. The maximum atomic E-state index is 5.66. The molecule has 18 heavy (non-hydrogen) atoms. The van der Waals surface area contributed by atoms with Gasteiger partial charge < -0.3 is 14.7 Å². The first-order valence-corrected chi connectivity index (χ1v) is 6.05. The molecule has 0 radical (unpaired) electrons. The minimum absolute atomic E-state index is 0.538. The SMILES string of the molecule is CCn1c(-c2ccoc2)nc2cc(CN)ccc21. The van der Waals surface area contributed by atoms with Gasteiger partial charge in [0.1, 0.15) is 12.1 Å². The normalized spacial score (nSPS) is 11.2. The van der Waals surface area contributed by atoms with Gasteiger partial charge in [-0.25, -0.2) is 4.98 Å². The van der Waals surface area contributed by atoms with Gasteiger partial charge in [-0.05, 0) is 30.7 Å². The lowest BCUT2D eigenvalue weighted by Gasteiger charge is -2.03. The van der Waals surface area contributed by atoms with Gasteiger partial charge in [-0.1, -0.05) is 6.07 Å². The smallest absolute Gasteiger partial charge is 0.144 e. The Hall–Kier alpha value is -2.07. The van der Waals surface area contributed by atoms with Crippen LogP contribution in [0, 0.1) is 0 Å². The van der Waals surface area contributed by atoms with Crippen LogP contribution in [0.3, 0.4) is 0 Å². The number of rotatable bonds is 3. The summed E-state index contributed by atoms with van der Waals surface area (Å²) < 4.78 is 7.32. The first-order valence-electron chi connectivity index (χ1n) is 6.05. The summed E-state index contributed by atoms with van der Waals surface area (Å²) >= 11 is 0. The van der Waals surface area contributed by atoms with Gasteiger partial charge >= 0.3 is 0 Å². The highest BCUT2D eigenvalue weighted by Crippen LogP contribution is 2.25. The molecule has 0 spiro atoms. The molecule has 1 aromatic carbocycles. The van der Waals surface area contributed by atoms with Gasteiger partial charge in [-0.2, -0.15) is 0 Å². The largest absolute Gasteiger partial charge is 0.472 e. The molecule has 0 saturated carbocycles. The topological polar surface area (TPSA) is 57.0 Å². The lowest BCUT2D eigenvalue weighted by Crippen LogP contribution is -1.97. The molecule has 0 fully saturated rings. The zero-order valence-corrected chi connectivity index (χ0v) is 10.3. The van der Waals surface area contributed by atoms with Crippen LogP contribution in [0.2, 0.25) is 0 Å². The standard InChI is InChI=1S/C14H15N3O/c1-2-17-13-4-3-10(8-15)7-12(13)16-14(17)11-5-6-18-9-11/h3-7,9H,2,8,15H2,1H3. The van der Waals surface area contributed by atoms with E-state index in [0.717, 1.165) is 34.5 Å². The van der Waals surface area contributed by atoms with Crippen molar-refractivity contribution in [2.75, 3.05) is 0 Å². The predicted molar refractivity (Wildman–Crippen MR) is 71.0 cm³/mol. The summed E-state index contributed by atoms with van der Waals surface area (Å²) in [5.74, 6) is 0.940. The number of nitrogens with two attached hydrogens (primary N) is 1. The number of imidazole rings is 1. The lowest BCUT2D eigenvalue weighted by atomic mass is 10.2. The van der Waals surface area contributed by atoms with Gasteiger partial charge in [0.05, 0.1) is 22.9 Å². The van der Waals surface area contributed by atoms with Gasteiger partial charge in [0.15, 0.2) is 0 Å². The van der Waals surface area contributed by atoms with Gasteiger partial charge in [-0.3, -0.25) is 0 Å². The van der Waals surface area contributed by atoms with Crippen LogP contribution in [0.5, 0.6) is 0 Å². The fraction of sp³-hybridized carbons (Fsp3) is 0.214. The van der Waals surface area contributed by atoms with Crippen molar-refractivity contribution >= 4 is 11.0 Å². The molecule has 0 aliphatic rings. The van der Waals surface area contributed by atoms with E-state index in [1.54, 1.807) is 12.5 Å². The number of hydrogen-bond acceptors (Lipinski definition) is 3. The molecule has 2 heterocycles. The fourth-order valence-corrected chi connectivity index (χ4v) is 2.23. The highest BCUT2D eigenvalue weighted by atomic mass is 16.3. The van der Waals surface area contributed by atoms with Crippen LogP contribution in [0.1, 0.15) is 12.5 Å². The van der Waals surface area contributed by atoms with Crippen LogP contribution in [-0.2, 0) is 13.1 Å². The zero-order valence-electron chi connectivity index (χ0n) is 10.3. The number of furan rings is 1. The van der Waals surface area contributed by atoms with E-state index >= 15 is 0 Å². The summed E-state index contributed by atoms with van der Waals surface area (Å²) in [6, 6.07) is 8.11. The van der Waals surface area contributed by atoms with Gasteiger partial charge in [-0.15, -0.1) is 0 Å². The molecule has 0 bridgehead atoms. The Morgan fingerprint density at radius 3 is 2.89 bits per heavy atom. The fourth-order valence-electron chi connectivity index (χ4n) is 2.23. The van der Waals surface area contributed by atoms with Crippen LogP contribution >= 0.6 is 0 Å². The van der Waals surface area contributed by atoms with Gasteiger partial charge in [0.2, 0.25) is 0 Å². The second kappa shape index (κ2) is 4.31. The lowest BCUT2D eigenvalue weighted by molar-refractivity contribution is 0.567. The molecule has 0 unspecified atom stereocenters. The second-order valence-corrected chi connectivity index (χ2v) is 4.22. The van der Waals surface area contributed by atoms with E-state index in [2.05, 4.69) is 28.6 Å². The molecule has 2 aromatic heterocycles. The summed E-state index contributed by atoms with van der Waals surface area (Å²) in [5.41, 5.74) is 9.88. The maximum Gasteiger partial charge on any atom is 0.144 e. The maximum absolute atomic E-state index is 5.66. The van der Waals surface area contributed by atoms with Crippen LogP contribution in [0.15, 0.2) is 41.2 Å². The first-order chi connectivity index (χ1) is 8.83. The van der Waals surface area contributed by atoms with Crippen LogP contribution in [-0.4, -0.2) is 9.55 Å². The Labute approximate surface area is 105 Å². The van der Waals surface area contributed by atoms with Crippen LogP contribution in [0.4, 0.5) is 0 Å². The van der Waals surface area contributed by atoms with Crippen molar-refractivity contribution in [3.63, 3.8) is 0 Å². The number of aryl methyl sites for hydroxylation is 1. The molecule has 3 rings (SSSR count). The average Bonchev–Trinajstić information content (AvgIpc) is 3.04. The number of aromatic nitrogens is 2. The van der Waals surface area contributed by atoms with Crippen LogP contribution < -0.4 is 5.73 Å². The summed E-state index contributed by atoms with van der Waals surface area (Å²) in [5, 5.41) is 0. The molecular formula is C14H15N3O. The highest BCUT2D eigenvalue weighted by molar-refractivity contribution is 5.81. The molecule has 0 aliphatic carbocycles. The molecule has 92 valence electrons. The Morgan fingerprint density at radius 1 is 1.33 bits per heavy atom. The molecule has 4 heteroatoms. The number of nitrogens with zero attached hydrogens (tertiary/aromatic N) is 2. The van der Waals surface area contributed by atoms with E-state index in [0.29, 0.717) is 6.54 Å². The minimum atomic E-state index is 0.538. The Kier molecular flexibility index (Phi) is 2.64. The zero-order chi connectivity index (χ0) is 12.5. The van der Waals surface area contributed by atoms with Crippen molar-refractivity contribution in [2.45, 2.75) is 20.0 Å². The van der Waals surface area contributed by atoms with E-state index in [9.17, 15) is 0 Å². The van der Waals surface area contributed by atoms with Gasteiger partial charge in [0.25, 0.3) is 0 Å². The third kappa shape index (κ3) is 1.62. The molecule has 0 amide bonds. The number of benzene rings is 1. The van der Waals surface area contributed by atoms with Crippen molar-refractivity contribution in [1.29, 1.82) is 0 Å². The highest BCUT2D eigenvalue weighted by Gasteiger charge is 2.12. The number of hydrogen-bond donors (Lipinski definition) is 1. The van der Waals surface area contributed by atoms with Crippen molar-refractivity contribution in [3.05, 3.63) is 42.4 Å². The molecule has 4 nitrogen and oxygen atoms in total. The minimum Gasteiger partial charge on any atom is -0.472 e.